The molecule has 5 nitrogen and oxygen atoms in total. The number of methoxy groups -OCH3 is 1. The second-order valence-corrected chi connectivity index (χ2v) is 8.68. The van der Waals surface area contributed by atoms with E-state index in [0.29, 0.717) is 17.8 Å². The third kappa shape index (κ3) is 3.87. The van der Waals surface area contributed by atoms with Gasteiger partial charge in [-0.1, -0.05) is 6.07 Å². The lowest BCUT2D eigenvalue weighted by atomic mass is 9.98. The molecule has 0 fully saturated rings. The molecule has 0 bridgehead atoms. The second-order valence-electron chi connectivity index (χ2n) is 6.70. The van der Waals surface area contributed by atoms with Crippen LogP contribution in [0.4, 0.5) is 5.69 Å². The standard InChI is InChI=1S/C21H20N2O3S2/c1-26-21(25)14-4-6-15(7-5-14)22-19(24)13-23-10-8-17-16(9-12-28-17)20(23)18-3-2-11-27-18/h2-7,9,11-12,20H,8,10,13H2,1H3,(H,22,24)/p+1/t20-/m0/s1. The predicted octanol–water partition coefficient (Wildman–Crippen LogP) is 2.77. The molecule has 3 heterocycles. The van der Waals surface area contributed by atoms with Crippen LogP contribution in [0.25, 0.3) is 0 Å². The Morgan fingerprint density at radius 2 is 1.96 bits per heavy atom. The van der Waals surface area contributed by atoms with Crippen molar-refractivity contribution in [2.45, 2.75) is 12.5 Å². The van der Waals surface area contributed by atoms with Crippen molar-refractivity contribution < 1.29 is 19.2 Å². The van der Waals surface area contributed by atoms with Crippen LogP contribution in [-0.2, 0) is 16.0 Å². The Hall–Kier alpha value is -2.48. The number of carbonyl (C=O) groups excluding carboxylic acids is 2. The van der Waals surface area contributed by atoms with E-state index in [-0.39, 0.29) is 17.9 Å². The van der Waals surface area contributed by atoms with Crippen molar-refractivity contribution in [3.05, 3.63) is 74.1 Å². The van der Waals surface area contributed by atoms with Crippen LogP contribution >= 0.6 is 22.7 Å². The fourth-order valence-electron chi connectivity index (χ4n) is 3.67. The smallest absolute Gasteiger partial charge is 0.337 e. The van der Waals surface area contributed by atoms with Crippen LogP contribution in [0.15, 0.2) is 53.2 Å². The summed E-state index contributed by atoms with van der Waals surface area (Å²) in [7, 11) is 1.35. The molecule has 4 rings (SSSR count). The van der Waals surface area contributed by atoms with E-state index in [1.807, 2.05) is 11.3 Å². The number of quaternary nitrogens is 1. The van der Waals surface area contributed by atoms with Gasteiger partial charge in [0.25, 0.3) is 5.91 Å². The monoisotopic (exact) mass is 413 g/mol. The number of hydrogen-bond donors (Lipinski definition) is 2. The number of anilines is 1. The van der Waals surface area contributed by atoms with Gasteiger partial charge in [-0.05, 0) is 47.2 Å². The van der Waals surface area contributed by atoms with E-state index in [9.17, 15) is 9.59 Å². The maximum Gasteiger partial charge on any atom is 0.337 e. The Morgan fingerprint density at radius 3 is 2.68 bits per heavy atom. The fourth-order valence-corrected chi connectivity index (χ4v) is 5.49. The molecule has 28 heavy (non-hydrogen) atoms. The van der Waals surface area contributed by atoms with Crippen LogP contribution in [0.1, 0.15) is 31.7 Å². The summed E-state index contributed by atoms with van der Waals surface area (Å²) in [4.78, 5) is 28.2. The van der Waals surface area contributed by atoms with Gasteiger partial charge in [-0.15, -0.1) is 22.7 Å². The lowest BCUT2D eigenvalue weighted by Crippen LogP contribution is -3.14. The minimum absolute atomic E-state index is 0.0268. The van der Waals surface area contributed by atoms with E-state index < -0.39 is 0 Å². The lowest BCUT2D eigenvalue weighted by Gasteiger charge is -2.31. The van der Waals surface area contributed by atoms with Gasteiger partial charge in [0.2, 0.25) is 0 Å². The number of amides is 1. The van der Waals surface area contributed by atoms with Crippen molar-refractivity contribution >= 4 is 40.2 Å². The van der Waals surface area contributed by atoms with E-state index in [4.69, 9.17) is 4.74 Å². The van der Waals surface area contributed by atoms with E-state index in [2.05, 4.69) is 34.3 Å². The molecule has 3 aromatic rings. The van der Waals surface area contributed by atoms with Crippen molar-refractivity contribution in [3.63, 3.8) is 0 Å². The number of esters is 1. The van der Waals surface area contributed by atoms with Gasteiger partial charge in [0, 0.05) is 22.5 Å². The first kappa shape index (κ1) is 18.9. The zero-order valence-corrected chi connectivity index (χ0v) is 17.1. The molecular weight excluding hydrogens is 392 g/mol. The summed E-state index contributed by atoms with van der Waals surface area (Å²) in [6.45, 7) is 1.33. The lowest BCUT2D eigenvalue weighted by molar-refractivity contribution is -0.919. The molecule has 0 spiro atoms. The number of thiophene rings is 2. The molecule has 1 aliphatic rings. The van der Waals surface area contributed by atoms with E-state index in [1.165, 1.54) is 27.3 Å². The number of hydrogen-bond acceptors (Lipinski definition) is 5. The quantitative estimate of drug-likeness (QED) is 0.633. The summed E-state index contributed by atoms with van der Waals surface area (Å²) in [5.74, 6) is -0.415. The predicted molar refractivity (Wildman–Crippen MR) is 111 cm³/mol. The average molecular weight is 414 g/mol. The number of ether oxygens (including phenoxy) is 1. The third-order valence-corrected chi connectivity index (χ3v) is 6.91. The first-order chi connectivity index (χ1) is 13.7. The molecular formula is C21H21N2O3S2+. The Labute approximate surface area is 171 Å². The van der Waals surface area contributed by atoms with Crippen LogP contribution in [0.3, 0.4) is 0 Å². The van der Waals surface area contributed by atoms with Crippen molar-refractivity contribution in [2.24, 2.45) is 0 Å². The van der Waals surface area contributed by atoms with Gasteiger partial charge in [0.05, 0.1) is 24.1 Å². The number of rotatable bonds is 5. The molecule has 1 aliphatic heterocycles. The van der Waals surface area contributed by atoms with E-state index in [1.54, 1.807) is 35.6 Å². The topological polar surface area (TPSA) is 59.8 Å². The highest BCUT2D eigenvalue weighted by molar-refractivity contribution is 7.10. The van der Waals surface area contributed by atoms with Crippen LogP contribution < -0.4 is 10.2 Å². The first-order valence-corrected chi connectivity index (χ1v) is 10.8. The Balaban J connectivity index is 1.47. The minimum Gasteiger partial charge on any atom is -0.465 e. The maximum atomic E-state index is 12.7. The number of nitrogens with one attached hydrogen (secondary N) is 2. The van der Waals surface area contributed by atoms with Crippen molar-refractivity contribution in [1.29, 1.82) is 0 Å². The summed E-state index contributed by atoms with van der Waals surface area (Å²) in [6, 6.07) is 13.4. The zero-order valence-electron chi connectivity index (χ0n) is 15.4. The number of fused-ring (bicyclic) bond motifs is 1. The van der Waals surface area contributed by atoms with E-state index in [0.717, 1.165) is 13.0 Å². The van der Waals surface area contributed by atoms with Crippen molar-refractivity contribution in [3.8, 4) is 0 Å². The van der Waals surface area contributed by atoms with Crippen LogP contribution in [0.5, 0.6) is 0 Å². The molecule has 2 N–H and O–H groups in total. The zero-order chi connectivity index (χ0) is 19.5. The van der Waals surface area contributed by atoms with Gasteiger partial charge >= 0.3 is 5.97 Å². The van der Waals surface area contributed by atoms with Gasteiger partial charge in [0.1, 0.15) is 6.04 Å². The van der Waals surface area contributed by atoms with Gasteiger partial charge < -0.3 is 15.0 Å². The van der Waals surface area contributed by atoms with E-state index >= 15 is 0 Å². The molecule has 0 radical (unpaired) electrons. The molecule has 1 aromatic carbocycles. The van der Waals surface area contributed by atoms with Crippen LogP contribution in [-0.4, -0.2) is 32.1 Å². The fraction of sp³-hybridized carbons (Fsp3) is 0.238. The summed E-state index contributed by atoms with van der Waals surface area (Å²) in [5.41, 5.74) is 2.49. The molecule has 144 valence electrons. The maximum absolute atomic E-state index is 12.7. The van der Waals surface area contributed by atoms with Gasteiger partial charge in [-0.25, -0.2) is 4.79 Å². The van der Waals surface area contributed by atoms with Gasteiger partial charge in [0.15, 0.2) is 6.54 Å². The number of benzene rings is 1. The molecule has 0 saturated carbocycles. The van der Waals surface area contributed by atoms with Crippen LogP contribution in [0, 0.1) is 0 Å². The van der Waals surface area contributed by atoms with Crippen LogP contribution in [0.2, 0.25) is 0 Å². The second kappa shape index (κ2) is 8.26. The highest BCUT2D eigenvalue weighted by Gasteiger charge is 2.35. The molecule has 2 atom stereocenters. The first-order valence-electron chi connectivity index (χ1n) is 9.08. The molecule has 0 saturated heterocycles. The van der Waals surface area contributed by atoms with Crippen molar-refractivity contribution in [1.82, 2.24) is 0 Å². The summed E-state index contributed by atoms with van der Waals surface area (Å²) in [6.07, 6.45) is 1.01. The Morgan fingerprint density at radius 1 is 1.14 bits per heavy atom. The molecule has 7 heteroatoms. The summed E-state index contributed by atoms with van der Waals surface area (Å²) >= 11 is 3.55. The molecule has 1 amide bonds. The summed E-state index contributed by atoms with van der Waals surface area (Å²) in [5, 5.41) is 7.19. The van der Waals surface area contributed by atoms with Gasteiger partial charge in [-0.2, -0.15) is 0 Å². The number of carbonyl (C=O) groups is 2. The highest BCUT2D eigenvalue weighted by atomic mass is 32.1. The molecule has 1 unspecified atom stereocenters. The Kier molecular flexibility index (Phi) is 5.57. The normalized spacial score (nSPS) is 18.3. The average Bonchev–Trinajstić information content (AvgIpc) is 3.39. The minimum atomic E-state index is -0.388. The molecule has 0 aliphatic carbocycles. The SMILES string of the molecule is COC(=O)c1ccc(NC(=O)C[NH+]2CCc3sccc3[C@H]2c2cccs2)cc1. The van der Waals surface area contributed by atoms with Gasteiger partial charge in [-0.3, -0.25) is 4.79 Å². The summed E-state index contributed by atoms with van der Waals surface area (Å²) < 4.78 is 4.70. The van der Waals surface area contributed by atoms with Crippen molar-refractivity contribution in [2.75, 3.05) is 25.5 Å². The molecule has 2 aromatic heterocycles. The third-order valence-electron chi connectivity index (χ3n) is 4.98. The Bertz CT molecular complexity index is 964. The largest absolute Gasteiger partial charge is 0.465 e. The highest BCUT2D eigenvalue weighted by Crippen LogP contribution is 2.31.